The van der Waals surface area contributed by atoms with Gasteiger partial charge in [-0.1, -0.05) is 126 Å². The smallest absolute Gasteiger partial charge is 0.462 e. The van der Waals surface area contributed by atoms with E-state index in [9.17, 15) is 24.2 Å². The van der Waals surface area contributed by atoms with Crippen LogP contribution >= 0.6 is 7.82 Å². The van der Waals surface area contributed by atoms with Crippen molar-refractivity contribution in [3.8, 4) is 0 Å². The number of carbonyl (C=O) groups is 2. The van der Waals surface area contributed by atoms with Gasteiger partial charge in [0.2, 0.25) is 0 Å². The van der Waals surface area contributed by atoms with Crippen molar-refractivity contribution < 1.29 is 42.7 Å². The fraction of sp³-hybridized carbons (Fsp3) is 0.721. The summed E-state index contributed by atoms with van der Waals surface area (Å²) in [5.74, 6) is -0.927. The van der Waals surface area contributed by atoms with Crippen molar-refractivity contribution >= 4 is 19.8 Å². The van der Waals surface area contributed by atoms with Crippen LogP contribution in [0.1, 0.15) is 162 Å². The second-order valence-corrected chi connectivity index (χ2v) is 15.1. The summed E-state index contributed by atoms with van der Waals surface area (Å²) in [7, 11) is -4.40. The highest BCUT2D eigenvalue weighted by Crippen LogP contribution is 2.43. The number of rotatable bonds is 38. The summed E-state index contributed by atoms with van der Waals surface area (Å²) in [6, 6.07) is 0. The number of hydrogen-bond acceptors (Lipinski definition) is 9. The average Bonchev–Trinajstić information content (AvgIpc) is 3.16. The van der Waals surface area contributed by atoms with Crippen molar-refractivity contribution in [2.45, 2.75) is 174 Å². The predicted molar refractivity (Wildman–Crippen MR) is 221 cm³/mol. The lowest BCUT2D eigenvalue weighted by molar-refractivity contribution is -0.161. The molecule has 0 aromatic heterocycles. The molecule has 54 heavy (non-hydrogen) atoms. The first-order chi connectivity index (χ1) is 26.2. The molecular formula is C43H76NO9P. The maximum atomic E-state index is 12.5. The number of nitrogens with two attached hydrogens (primary N) is 1. The second-order valence-electron chi connectivity index (χ2n) is 13.6. The topological polar surface area (TPSA) is 155 Å². The molecule has 0 aromatic rings. The van der Waals surface area contributed by atoms with Crippen molar-refractivity contribution in [3.05, 3.63) is 60.8 Å². The van der Waals surface area contributed by atoms with Crippen LogP contribution in [0.3, 0.4) is 0 Å². The third kappa shape index (κ3) is 38.0. The molecule has 0 saturated heterocycles. The van der Waals surface area contributed by atoms with E-state index in [1.807, 2.05) is 19.1 Å². The number of ether oxygens (including phenoxy) is 2. The third-order valence-electron chi connectivity index (χ3n) is 8.54. The molecule has 3 unspecified atom stereocenters. The maximum Gasteiger partial charge on any atom is 0.472 e. The second kappa shape index (κ2) is 38.9. The van der Waals surface area contributed by atoms with E-state index < -0.39 is 32.5 Å². The highest BCUT2D eigenvalue weighted by atomic mass is 31.2. The number of hydrogen-bond donors (Lipinski definition) is 3. The molecule has 0 rings (SSSR count). The Hall–Kier alpha value is -2.33. The van der Waals surface area contributed by atoms with Crippen LogP contribution < -0.4 is 5.73 Å². The van der Waals surface area contributed by atoms with Crippen LogP contribution in [0.15, 0.2) is 60.8 Å². The lowest BCUT2D eigenvalue weighted by Crippen LogP contribution is -2.29. The Balaban J connectivity index is 4.31. The fourth-order valence-corrected chi connectivity index (χ4v) is 6.01. The molecule has 3 atom stereocenters. The first-order valence-electron chi connectivity index (χ1n) is 20.8. The molecule has 0 amide bonds. The summed E-state index contributed by atoms with van der Waals surface area (Å²) in [5, 5.41) is 9.55. The number of allylic oxidation sites excluding steroid dienone is 10. The predicted octanol–water partition coefficient (Wildman–Crippen LogP) is 10.7. The largest absolute Gasteiger partial charge is 0.472 e. The summed E-state index contributed by atoms with van der Waals surface area (Å²) >= 11 is 0. The zero-order valence-electron chi connectivity index (χ0n) is 33.8. The van der Waals surface area contributed by atoms with Crippen molar-refractivity contribution in [3.63, 3.8) is 0 Å². The van der Waals surface area contributed by atoms with Crippen molar-refractivity contribution in [1.82, 2.24) is 0 Å². The highest BCUT2D eigenvalue weighted by Gasteiger charge is 2.25. The standard InChI is InChI=1S/C43H76NO9P/c1-3-5-6-7-8-9-10-11-12-16-19-22-25-28-31-34-42(46)50-38-41(39-52-54(48,49)51-37-36-44)53-43(47)35-32-29-26-23-20-17-14-13-15-18-21-24-27-30-33-40(45)4-2/h11-12,14-15,17-18,23-24,26-27,40-41,45H,3-10,13,16,19-22,25,28-39,44H2,1-2H3,(H,48,49). The number of phosphoric acid groups is 1. The van der Waals surface area contributed by atoms with Crippen LogP contribution in [-0.2, 0) is 32.7 Å². The minimum atomic E-state index is -4.40. The Morgan fingerprint density at radius 1 is 0.630 bits per heavy atom. The molecule has 4 N–H and O–H groups in total. The molecule has 0 bridgehead atoms. The van der Waals surface area contributed by atoms with Gasteiger partial charge in [0.1, 0.15) is 6.61 Å². The van der Waals surface area contributed by atoms with Crippen LogP contribution in [-0.4, -0.2) is 60.5 Å². The normalized spacial score (nSPS) is 14.5. The van der Waals surface area contributed by atoms with Gasteiger partial charge in [-0.2, -0.15) is 0 Å². The van der Waals surface area contributed by atoms with Gasteiger partial charge < -0.3 is 25.2 Å². The van der Waals surface area contributed by atoms with Crippen molar-refractivity contribution in [2.24, 2.45) is 5.73 Å². The molecular weight excluding hydrogens is 705 g/mol. The number of esters is 2. The van der Waals surface area contributed by atoms with Gasteiger partial charge in [-0.25, -0.2) is 4.57 Å². The van der Waals surface area contributed by atoms with Crippen LogP contribution in [0.4, 0.5) is 0 Å². The summed E-state index contributed by atoms with van der Waals surface area (Å²) in [6.45, 7) is 3.35. The first kappa shape index (κ1) is 51.7. The summed E-state index contributed by atoms with van der Waals surface area (Å²) in [6.07, 6.45) is 42.0. The monoisotopic (exact) mass is 782 g/mol. The minimum absolute atomic E-state index is 0.0355. The number of aliphatic hydroxyl groups excluding tert-OH is 1. The lowest BCUT2D eigenvalue weighted by Gasteiger charge is -2.19. The molecule has 0 heterocycles. The number of unbranched alkanes of at least 4 members (excludes halogenated alkanes) is 12. The first-order valence-corrected chi connectivity index (χ1v) is 22.3. The zero-order valence-corrected chi connectivity index (χ0v) is 34.7. The average molecular weight is 782 g/mol. The van der Waals surface area contributed by atoms with Gasteiger partial charge in [-0.3, -0.25) is 18.6 Å². The molecule has 312 valence electrons. The molecule has 10 nitrogen and oxygen atoms in total. The van der Waals surface area contributed by atoms with Crippen LogP contribution in [0.5, 0.6) is 0 Å². The Kier molecular flexibility index (Phi) is 37.2. The molecule has 0 aliphatic carbocycles. The van der Waals surface area contributed by atoms with E-state index in [0.717, 1.165) is 70.6 Å². The molecule has 11 heteroatoms. The maximum absolute atomic E-state index is 12.5. The molecule has 0 aliphatic rings. The van der Waals surface area contributed by atoms with Crippen molar-refractivity contribution in [1.29, 1.82) is 0 Å². The van der Waals surface area contributed by atoms with Gasteiger partial charge in [0.25, 0.3) is 0 Å². The van der Waals surface area contributed by atoms with Gasteiger partial charge in [-0.15, -0.1) is 0 Å². The van der Waals surface area contributed by atoms with Gasteiger partial charge in [0, 0.05) is 19.4 Å². The van der Waals surface area contributed by atoms with Gasteiger partial charge in [0.15, 0.2) is 6.10 Å². The van der Waals surface area contributed by atoms with E-state index in [1.165, 1.54) is 44.9 Å². The van der Waals surface area contributed by atoms with E-state index in [4.69, 9.17) is 24.3 Å². The molecule has 0 fully saturated rings. The van der Waals surface area contributed by atoms with E-state index in [1.54, 1.807) is 0 Å². The van der Waals surface area contributed by atoms with Gasteiger partial charge in [-0.05, 0) is 83.5 Å². The Morgan fingerprint density at radius 3 is 1.72 bits per heavy atom. The molecule has 0 spiro atoms. The number of aliphatic hydroxyl groups is 1. The van der Waals surface area contributed by atoms with Gasteiger partial charge in [0.05, 0.1) is 19.3 Å². The Labute approximate surface area is 328 Å². The third-order valence-corrected chi connectivity index (χ3v) is 9.52. The van der Waals surface area contributed by atoms with E-state index in [-0.39, 0.29) is 38.7 Å². The molecule has 0 radical (unpaired) electrons. The van der Waals surface area contributed by atoms with E-state index >= 15 is 0 Å². The van der Waals surface area contributed by atoms with Crippen LogP contribution in [0.2, 0.25) is 0 Å². The lowest BCUT2D eigenvalue weighted by atomic mass is 10.1. The van der Waals surface area contributed by atoms with Gasteiger partial charge >= 0.3 is 19.8 Å². The fourth-order valence-electron chi connectivity index (χ4n) is 5.25. The summed E-state index contributed by atoms with van der Waals surface area (Å²) in [5.41, 5.74) is 5.33. The summed E-state index contributed by atoms with van der Waals surface area (Å²) in [4.78, 5) is 34.8. The molecule has 0 aliphatic heterocycles. The SMILES string of the molecule is CCCCCCCCC=CCCCCCCCC(=O)OCC(COP(=O)(O)OCCN)OC(=O)CCCC=CCC=CCC=CCC=CCCC(O)CC. The Bertz CT molecular complexity index is 1090. The van der Waals surface area contributed by atoms with Crippen LogP contribution in [0, 0.1) is 0 Å². The number of phosphoric ester groups is 1. The zero-order chi connectivity index (χ0) is 39.8. The highest BCUT2D eigenvalue weighted by molar-refractivity contribution is 7.47. The molecule has 0 saturated carbocycles. The van der Waals surface area contributed by atoms with E-state index in [2.05, 4.69) is 55.5 Å². The van der Waals surface area contributed by atoms with E-state index in [0.29, 0.717) is 19.3 Å². The minimum Gasteiger partial charge on any atom is -0.462 e. The quantitative estimate of drug-likeness (QED) is 0.0239. The van der Waals surface area contributed by atoms with Crippen LogP contribution in [0.25, 0.3) is 0 Å². The summed E-state index contributed by atoms with van der Waals surface area (Å²) < 4.78 is 32.6. The Morgan fingerprint density at radius 2 is 1.13 bits per heavy atom. The molecule has 0 aromatic carbocycles. The number of carbonyl (C=O) groups excluding carboxylic acids is 2. The van der Waals surface area contributed by atoms with Crippen molar-refractivity contribution in [2.75, 3.05) is 26.4 Å².